The van der Waals surface area contributed by atoms with E-state index in [2.05, 4.69) is 42.5 Å². The molecule has 0 bridgehead atoms. The highest BCUT2D eigenvalue weighted by Gasteiger charge is 2.23. The highest BCUT2D eigenvalue weighted by molar-refractivity contribution is 6.00. The van der Waals surface area contributed by atoms with E-state index in [1.807, 2.05) is 30.3 Å². The summed E-state index contributed by atoms with van der Waals surface area (Å²) < 4.78 is 5.23. The van der Waals surface area contributed by atoms with Crippen LogP contribution in [0.25, 0.3) is 16.3 Å². The molecule has 0 fully saturated rings. The minimum atomic E-state index is 0.204. The Kier molecular flexibility index (Phi) is 4.10. The van der Waals surface area contributed by atoms with Gasteiger partial charge in [0, 0.05) is 6.42 Å². The Labute approximate surface area is 147 Å². The van der Waals surface area contributed by atoms with Gasteiger partial charge >= 0.3 is 0 Å². The summed E-state index contributed by atoms with van der Waals surface area (Å²) in [7, 11) is 1.67. The number of ether oxygens (including phenoxy) is 1. The van der Waals surface area contributed by atoms with Crippen LogP contribution in [0.15, 0.2) is 72.8 Å². The average molecular weight is 328 g/mol. The minimum absolute atomic E-state index is 0.204. The number of benzene rings is 3. The normalized spacial score (nSPS) is 17.4. The van der Waals surface area contributed by atoms with Crippen LogP contribution >= 0.6 is 0 Å². The Morgan fingerprint density at radius 2 is 1.64 bits per heavy atom. The summed E-state index contributed by atoms with van der Waals surface area (Å²) >= 11 is 0. The lowest BCUT2D eigenvalue weighted by Crippen LogP contribution is -2.12. The van der Waals surface area contributed by atoms with Crippen LogP contribution in [0.1, 0.15) is 29.9 Å². The minimum Gasteiger partial charge on any atom is -0.497 e. The maximum Gasteiger partial charge on any atom is 0.156 e. The Bertz CT molecular complexity index is 951. The lowest BCUT2D eigenvalue weighted by atomic mass is 9.81. The highest BCUT2D eigenvalue weighted by atomic mass is 16.5. The van der Waals surface area contributed by atoms with Crippen LogP contribution < -0.4 is 4.74 Å². The van der Waals surface area contributed by atoms with E-state index in [-0.39, 0.29) is 11.7 Å². The molecule has 124 valence electrons. The van der Waals surface area contributed by atoms with E-state index in [9.17, 15) is 4.79 Å². The molecule has 1 aliphatic rings. The van der Waals surface area contributed by atoms with Crippen LogP contribution in [0.2, 0.25) is 0 Å². The summed E-state index contributed by atoms with van der Waals surface area (Å²) in [6.07, 6.45) is 3.28. The smallest absolute Gasteiger partial charge is 0.156 e. The molecule has 3 aromatic carbocycles. The van der Waals surface area contributed by atoms with Crippen LogP contribution in [-0.4, -0.2) is 12.9 Å². The summed E-state index contributed by atoms with van der Waals surface area (Å²) in [4.78, 5) is 12.3. The second-order valence-corrected chi connectivity index (χ2v) is 6.58. The van der Waals surface area contributed by atoms with Crippen molar-refractivity contribution in [2.75, 3.05) is 7.11 Å². The van der Waals surface area contributed by atoms with Gasteiger partial charge in [-0.1, -0.05) is 48.5 Å². The quantitative estimate of drug-likeness (QED) is 0.645. The summed E-state index contributed by atoms with van der Waals surface area (Å²) in [5, 5.41) is 2.43. The van der Waals surface area contributed by atoms with Crippen LogP contribution in [0, 0.1) is 0 Å². The number of hydrogen-bond acceptors (Lipinski definition) is 2. The monoisotopic (exact) mass is 328 g/mol. The fraction of sp³-hybridized carbons (Fsp3) is 0.174. The van der Waals surface area contributed by atoms with Crippen molar-refractivity contribution in [3.63, 3.8) is 0 Å². The molecule has 2 nitrogen and oxygen atoms in total. The van der Waals surface area contributed by atoms with Gasteiger partial charge in [0.1, 0.15) is 5.75 Å². The Hall–Kier alpha value is -2.87. The molecule has 0 unspecified atom stereocenters. The molecule has 0 radical (unpaired) electrons. The second kappa shape index (κ2) is 6.56. The van der Waals surface area contributed by atoms with Gasteiger partial charge in [0.25, 0.3) is 0 Å². The van der Waals surface area contributed by atoms with Gasteiger partial charge in [0.2, 0.25) is 0 Å². The van der Waals surface area contributed by atoms with Crippen LogP contribution in [-0.2, 0) is 4.79 Å². The van der Waals surface area contributed by atoms with Crippen molar-refractivity contribution in [2.45, 2.75) is 18.8 Å². The van der Waals surface area contributed by atoms with Gasteiger partial charge in [-0.25, -0.2) is 0 Å². The number of allylic oxidation sites excluding steroid dienone is 2. The largest absolute Gasteiger partial charge is 0.497 e. The molecule has 0 heterocycles. The zero-order valence-corrected chi connectivity index (χ0v) is 14.2. The summed E-state index contributed by atoms with van der Waals surface area (Å²) in [6, 6.07) is 22.8. The van der Waals surface area contributed by atoms with Crippen LogP contribution in [0.5, 0.6) is 5.75 Å². The lowest BCUT2D eigenvalue weighted by molar-refractivity contribution is -0.115. The number of carbonyl (C=O) groups is 1. The predicted molar refractivity (Wildman–Crippen MR) is 102 cm³/mol. The maximum absolute atomic E-state index is 12.3. The molecule has 0 aromatic heterocycles. The molecule has 0 amide bonds. The van der Waals surface area contributed by atoms with Crippen molar-refractivity contribution < 1.29 is 9.53 Å². The lowest BCUT2D eigenvalue weighted by Gasteiger charge is -2.23. The molecular weight excluding hydrogens is 308 g/mol. The average Bonchev–Trinajstić information content (AvgIpc) is 2.67. The van der Waals surface area contributed by atoms with Gasteiger partial charge in [-0.15, -0.1) is 0 Å². The Morgan fingerprint density at radius 3 is 2.40 bits per heavy atom. The number of ketones is 1. The van der Waals surface area contributed by atoms with E-state index in [4.69, 9.17) is 4.74 Å². The summed E-state index contributed by atoms with van der Waals surface area (Å²) in [6.45, 7) is 0. The van der Waals surface area contributed by atoms with E-state index in [0.29, 0.717) is 6.42 Å². The third kappa shape index (κ3) is 3.20. The zero-order chi connectivity index (χ0) is 17.2. The van der Waals surface area contributed by atoms with E-state index >= 15 is 0 Å². The first-order valence-electron chi connectivity index (χ1n) is 8.59. The van der Waals surface area contributed by atoms with Crippen molar-refractivity contribution in [3.05, 3.63) is 83.9 Å². The fourth-order valence-corrected chi connectivity index (χ4v) is 3.59. The molecule has 0 N–H and O–H groups in total. The molecule has 4 rings (SSSR count). The number of fused-ring (bicyclic) bond motifs is 1. The first-order chi connectivity index (χ1) is 12.2. The molecule has 2 heteroatoms. The van der Waals surface area contributed by atoms with Gasteiger partial charge in [0.15, 0.2) is 5.78 Å². The molecule has 1 aliphatic carbocycles. The third-order valence-electron chi connectivity index (χ3n) is 4.96. The van der Waals surface area contributed by atoms with Gasteiger partial charge in [-0.05, 0) is 64.1 Å². The van der Waals surface area contributed by atoms with Crippen molar-refractivity contribution in [3.8, 4) is 5.75 Å². The Morgan fingerprint density at radius 1 is 0.880 bits per heavy atom. The standard InChI is InChI=1S/C23H20O2/c1-25-23-10-8-17(9-11-23)20-13-21(15-22(24)14-20)19-7-6-16-4-2-3-5-18(16)12-19/h2-12,15,20H,13-14H2,1H3/t20-/m1/s1. The first-order valence-corrected chi connectivity index (χ1v) is 8.59. The molecule has 25 heavy (non-hydrogen) atoms. The molecule has 3 aromatic rings. The molecule has 1 atom stereocenters. The molecule has 0 spiro atoms. The van der Waals surface area contributed by atoms with Gasteiger partial charge in [-0.2, -0.15) is 0 Å². The molecule has 0 saturated heterocycles. The van der Waals surface area contributed by atoms with Crippen molar-refractivity contribution in [2.24, 2.45) is 0 Å². The van der Waals surface area contributed by atoms with E-state index in [1.165, 1.54) is 16.3 Å². The Balaban J connectivity index is 1.65. The number of methoxy groups -OCH3 is 1. The number of carbonyl (C=O) groups excluding carboxylic acids is 1. The van der Waals surface area contributed by atoms with Crippen molar-refractivity contribution in [1.29, 1.82) is 0 Å². The summed E-state index contributed by atoms with van der Waals surface area (Å²) in [5.41, 5.74) is 3.47. The van der Waals surface area contributed by atoms with E-state index < -0.39 is 0 Å². The topological polar surface area (TPSA) is 26.3 Å². The van der Waals surface area contributed by atoms with Crippen LogP contribution in [0.3, 0.4) is 0 Å². The SMILES string of the molecule is COc1ccc([C@H]2CC(=O)C=C(c3ccc4ccccc4c3)C2)cc1. The third-order valence-corrected chi connectivity index (χ3v) is 4.96. The van der Waals surface area contributed by atoms with Gasteiger partial charge in [0.05, 0.1) is 7.11 Å². The maximum atomic E-state index is 12.3. The van der Waals surface area contributed by atoms with Crippen molar-refractivity contribution in [1.82, 2.24) is 0 Å². The highest BCUT2D eigenvalue weighted by Crippen LogP contribution is 2.37. The second-order valence-electron chi connectivity index (χ2n) is 6.58. The fourth-order valence-electron chi connectivity index (χ4n) is 3.59. The molecule has 0 saturated carbocycles. The van der Waals surface area contributed by atoms with Gasteiger partial charge in [-0.3, -0.25) is 4.79 Å². The zero-order valence-electron chi connectivity index (χ0n) is 14.2. The number of rotatable bonds is 3. The molecular formula is C23H20O2. The summed E-state index contributed by atoms with van der Waals surface area (Å²) in [5.74, 6) is 1.27. The predicted octanol–water partition coefficient (Wildman–Crippen LogP) is 5.38. The first kappa shape index (κ1) is 15.6. The van der Waals surface area contributed by atoms with Gasteiger partial charge < -0.3 is 4.74 Å². The number of hydrogen-bond donors (Lipinski definition) is 0. The molecule has 0 aliphatic heterocycles. The van der Waals surface area contributed by atoms with Crippen LogP contribution in [0.4, 0.5) is 0 Å². The van der Waals surface area contributed by atoms with Crippen molar-refractivity contribution >= 4 is 22.1 Å². The van der Waals surface area contributed by atoms with E-state index in [1.54, 1.807) is 7.11 Å². The van der Waals surface area contributed by atoms with E-state index in [0.717, 1.165) is 23.3 Å².